The van der Waals surface area contributed by atoms with Crippen molar-refractivity contribution in [2.75, 3.05) is 6.61 Å². The quantitative estimate of drug-likeness (QED) is 0.757. The minimum Gasteiger partial charge on any atom is -0.371 e. The van der Waals surface area contributed by atoms with Crippen LogP contribution in [0.5, 0.6) is 0 Å². The van der Waals surface area contributed by atoms with Crippen molar-refractivity contribution in [1.29, 1.82) is 0 Å². The molecule has 0 atom stereocenters. The number of ether oxygens (including phenoxy) is 1. The molecule has 3 heteroatoms. The molecular weight excluding hydrogens is 214 g/mol. The lowest BCUT2D eigenvalue weighted by Gasteiger charge is -2.06. The van der Waals surface area contributed by atoms with Gasteiger partial charge in [0.2, 0.25) is 5.78 Å². The fraction of sp³-hybridized carbons (Fsp3) is 0.286. The number of carbonyl (C=O) groups excluding carboxylic acids is 1. The molecule has 17 heavy (non-hydrogen) atoms. The van der Waals surface area contributed by atoms with Crippen LogP contribution >= 0.6 is 0 Å². The van der Waals surface area contributed by atoms with Crippen molar-refractivity contribution in [3.05, 3.63) is 42.1 Å². The molecule has 0 spiro atoms. The van der Waals surface area contributed by atoms with E-state index in [1.165, 1.54) is 0 Å². The number of fused-ring (bicyclic) bond motifs is 1. The Balaban J connectivity index is 2.21. The molecular formula is C14H15NO2. The standard InChI is InChI=1S/C14H15NO2/c1-10(2)17-9-14(16)13-8-7-11-5-3-4-6-12(11)15-13/h3-8,10H,9H2,1-2H3. The monoisotopic (exact) mass is 229 g/mol. The third-order valence-electron chi connectivity index (χ3n) is 2.43. The number of hydrogen-bond donors (Lipinski definition) is 0. The van der Waals surface area contributed by atoms with E-state index in [-0.39, 0.29) is 18.5 Å². The molecule has 0 aliphatic carbocycles. The van der Waals surface area contributed by atoms with Crippen LogP contribution in [-0.4, -0.2) is 23.5 Å². The summed E-state index contributed by atoms with van der Waals surface area (Å²) in [5, 5.41) is 1.04. The lowest BCUT2D eigenvalue weighted by Crippen LogP contribution is -2.14. The van der Waals surface area contributed by atoms with Crippen molar-refractivity contribution < 1.29 is 9.53 Å². The molecule has 3 nitrogen and oxygen atoms in total. The molecule has 1 aromatic carbocycles. The lowest BCUT2D eigenvalue weighted by molar-refractivity contribution is 0.0581. The highest BCUT2D eigenvalue weighted by Gasteiger charge is 2.09. The summed E-state index contributed by atoms with van der Waals surface area (Å²) in [6.45, 7) is 3.89. The first-order chi connectivity index (χ1) is 8.16. The van der Waals surface area contributed by atoms with Crippen molar-refractivity contribution in [1.82, 2.24) is 4.98 Å². The van der Waals surface area contributed by atoms with Gasteiger partial charge in [0, 0.05) is 5.39 Å². The van der Waals surface area contributed by atoms with Gasteiger partial charge in [-0.25, -0.2) is 4.98 Å². The number of rotatable bonds is 4. The predicted molar refractivity (Wildman–Crippen MR) is 67.2 cm³/mol. The molecule has 1 aromatic heterocycles. The number of hydrogen-bond acceptors (Lipinski definition) is 3. The molecule has 88 valence electrons. The first kappa shape index (κ1) is 11.7. The van der Waals surface area contributed by atoms with Crippen LogP contribution in [-0.2, 0) is 4.74 Å². The summed E-state index contributed by atoms with van der Waals surface area (Å²) in [5.41, 5.74) is 1.30. The van der Waals surface area contributed by atoms with Crippen LogP contribution in [0.1, 0.15) is 24.3 Å². The second-order valence-corrected chi connectivity index (χ2v) is 4.17. The zero-order chi connectivity index (χ0) is 12.3. The molecule has 0 fully saturated rings. The highest BCUT2D eigenvalue weighted by atomic mass is 16.5. The minimum atomic E-state index is -0.0792. The van der Waals surface area contributed by atoms with E-state index in [1.807, 2.05) is 44.2 Å². The molecule has 0 aliphatic heterocycles. The van der Waals surface area contributed by atoms with Gasteiger partial charge < -0.3 is 4.74 Å². The number of pyridine rings is 1. The Morgan fingerprint density at radius 2 is 2.00 bits per heavy atom. The number of ketones is 1. The van der Waals surface area contributed by atoms with Crippen LogP contribution in [0.3, 0.4) is 0 Å². The Morgan fingerprint density at radius 3 is 2.76 bits per heavy atom. The van der Waals surface area contributed by atoms with E-state index in [9.17, 15) is 4.79 Å². The van der Waals surface area contributed by atoms with Crippen LogP contribution in [0, 0.1) is 0 Å². The van der Waals surface area contributed by atoms with E-state index >= 15 is 0 Å². The number of aromatic nitrogens is 1. The Labute approximate surface area is 100 Å². The highest BCUT2D eigenvalue weighted by molar-refractivity contribution is 5.97. The summed E-state index contributed by atoms with van der Waals surface area (Å²) in [7, 11) is 0. The zero-order valence-electron chi connectivity index (χ0n) is 10.0. The molecule has 0 saturated heterocycles. The smallest absolute Gasteiger partial charge is 0.206 e. The van der Waals surface area contributed by atoms with Crippen molar-refractivity contribution in [3.63, 3.8) is 0 Å². The molecule has 0 amide bonds. The maximum Gasteiger partial charge on any atom is 0.206 e. The van der Waals surface area contributed by atoms with E-state index in [1.54, 1.807) is 6.07 Å². The van der Waals surface area contributed by atoms with E-state index < -0.39 is 0 Å². The molecule has 0 radical (unpaired) electrons. The molecule has 0 bridgehead atoms. The molecule has 0 saturated carbocycles. The molecule has 2 rings (SSSR count). The third kappa shape index (κ3) is 2.88. The molecule has 1 heterocycles. The van der Waals surface area contributed by atoms with Gasteiger partial charge in [-0.2, -0.15) is 0 Å². The first-order valence-corrected chi connectivity index (χ1v) is 5.67. The predicted octanol–water partition coefficient (Wildman–Crippen LogP) is 2.84. The normalized spacial score (nSPS) is 11.0. The minimum absolute atomic E-state index is 0.0550. The van der Waals surface area contributed by atoms with Gasteiger partial charge in [-0.1, -0.05) is 24.3 Å². The summed E-state index contributed by atoms with van der Waals surface area (Å²) >= 11 is 0. The summed E-state index contributed by atoms with van der Waals surface area (Å²) in [4.78, 5) is 16.1. The zero-order valence-corrected chi connectivity index (χ0v) is 10.0. The van der Waals surface area contributed by atoms with Crippen LogP contribution in [0.25, 0.3) is 10.9 Å². The van der Waals surface area contributed by atoms with Gasteiger partial charge in [0.1, 0.15) is 12.3 Å². The summed E-state index contributed by atoms with van der Waals surface area (Å²) in [5.74, 6) is -0.0792. The Hall–Kier alpha value is -1.74. The van der Waals surface area contributed by atoms with Crippen molar-refractivity contribution in [2.24, 2.45) is 0 Å². The van der Waals surface area contributed by atoms with Crippen molar-refractivity contribution >= 4 is 16.7 Å². The second kappa shape index (κ2) is 5.06. The average Bonchev–Trinajstić information content (AvgIpc) is 2.35. The summed E-state index contributed by atoms with van der Waals surface area (Å²) in [6, 6.07) is 11.4. The maximum atomic E-state index is 11.8. The number of carbonyl (C=O) groups is 1. The number of para-hydroxylation sites is 1. The topological polar surface area (TPSA) is 39.2 Å². The van der Waals surface area contributed by atoms with Crippen LogP contribution in [0.15, 0.2) is 36.4 Å². The Morgan fingerprint density at radius 1 is 1.24 bits per heavy atom. The Kier molecular flexibility index (Phi) is 3.49. The van der Waals surface area contributed by atoms with Gasteiger partial charge in [0.05, 0.1) is 11.6 Å². The van der Waals surface area contributed by atoms with E-state index in [2.05, 4.69) is 4.98 Å². The van der Waals surface area contributed by atoms with Gasteiger partial charge in [0.15, 0.2) is 0 Å². The summed E-state index contributed by atoms with van der Waals surface area (Å²) < 4.78 is 5.28. The Bertz CT molecular complexity index is 534. The summed E-state index contributed by atoms with van der Waals surface area (Å²) in [6.07, 6.45) is 0.0550. The van der Waals surface area contributed by atoms with Gasteiger partial charge in [-0.3, -0.25) is 4.79 Å². The largest absolute Gasteiger partial charge is 0.371 e. The van der Waals surface area contributed by atoms with Gasteiger partial charge >= 0.3 is 0 Å². The highest BCUT2D eigenvalue weighted by Crippen LogP contribution is 2.12. The van der Waals surface area contributed by atoms with Crippen molar-refractivity contribution in [2.45, 2.75) is 20.0 Å². The molecule has 0 aliphatic rings. The first-order valence-electron chi connectivity index (χ1n) is 5.67. The van der Waals surface area contributed by atoms with Gasteiger partial charge in [-0.05, 0) is 26.0 Å². The number of nitrogens with zero attached hydrogens (tertiary/aromatic N) is 1. The van der Waals surface area contributed by atoms with E-state index in [0.29, 0.717) is 5.69 Å². The maximum absolute atomic E-state index is 11.8. The number of Topliss-reactive ketones (excluding diaryl/α,β-unsaturated/α-hetero) is 1. The van der Waals surface area contributed by atoms with Crippen LogP contribution < -0.4 is 0 Å². The van der Waals surface area contributed by atoms with E-state index in [0.717, 1.165) is 10.9 Å². The van der Waals surface area contributed by atoms with E-state index in [4.69, 9.17) is 4.74 Å². The van der Waals surface area contributed by atoms with Gasteiger partial charge in [0.25, 0.3) is 0 Å². The number of benzene rings is 1. The van der Waals surface area contributed by atoms with Crippen LogP contribution in [0.4, 0.5) is 0 Å². The van der Waals surface area contributed by atoms with Crippen LogP contribution in [0.2, 0.25) is 0 Å². The fourth-order valence-corrected chi connectivity index (χ4v) is 1.54. The molecule has 0 unspecified atom stereocenters. The SMILES string of the molecule is CC(C)OCC(=O)c1ccc2ccccc2n1. The molecule has 0 N–H and O–H groups in total. The second-order valence-electron chi connectivity index (χ2n) is 4.17. The third-order valence-corrected chi connectivity index (χ3v) is 2.43. The van der Waals surface area contributed by atoms with Gasteiger partial charge in [-0.15, -0.1) is 0 Å². The molecule has 2 aromatic rings. The fourth-order valence-electron chi connectivity index (χ4n) is 1.54. The average molecular weight is 229 g/mol. The van der Waals surface area contributed by atoms with Crippen molar-refractivity contribution in [3.8, 4) is 0 Å². The lowest BCUT2D eigenvalue weighted by atomic mass is 10.2.